The van der Waals surface area contributed by atoms with Gasteiger partial charge in [0.1, 0.15) is 5.69 Å². The fraction of sp³-hybridized carbons (Fsp3) is 0.333. The average molecular weight is 421 g/mol. The van der Waals surface area contributed by atoms with Crippen LogP contribution in [0.4, 0.5) is 11.4 Å². The first-order chi connectivity index (χ1) is 13.9. The highest BCUT2D eigenvalue weighted by molar-refractivity contribution is 7.89. The van der Waals surface area contributed by atoms with Crippen molar-refractivity contribution < 1.29 is 27.6 Å². The van der Waals surface area contributed by atoms with Gasteiger partial charge < -0.3 is 19.5 Å². The molecule has 11 heteroatoms. The molecule has 2 aromatic rings. The van der Waals surface area contributed by atoms with E-state index in [1.54, 1.807) is 12.1 Å². The molecule has 0 aliphatic carbocycles. The molecular weight excluding hydrogens is 402 g/mol. The zero-order valence-corrected chi connectivity index (χ0v) is 16.2. The predicted octanol–water partition coefficient (Wildman–Crippen LogP) is 1.96. The molecule has 154 valence electrons. The Bertz CT molecular complexity index is 1040. The smallest absolute Gasteiger partial charge is 0.293 e. The van der Waals surface area contributed by atoms with E-state index >= 15 is 0 Å². The second kappa shape index (κ2) is 7.85. The van der Waals surface area contributed by atoms with Crippen LogP contribution in [0.2, 0.25) is 0 Å². The first-order valence-electron chi connectivity index (χ1n) is 8.94. The molecule has 0 amide bonds. The normalized spacial score (nSPS) is 16.6. The summed E-state index contributed by atoms with van der Waals surface area (Å²) in [6, 6.07) is 9.26. The first-order valence-corrected chi connectivity index (χ1v) is 10.4. The van der Waals surface area contributed by atoms with Gasteiger partial charge in [-0.25, -0.2) is 8.42 Å². The third kappa shape index (κ3) is 3.97. The largest absolute Gasteiger partial charge is 0.454 e. The molecule has 0 bridgehead atoms. The number of nitrogens with one attached hydrogen (secondary N) is 1. The highest BCUT2D eigenvalue weighted by atomic mass is 32.2. The maximum absolute atomic E-state index is 12.8. The van der Waals surface area contributed by atoms with Crippen LogP contribution in [0, 0.1) is 10.1 Å². The molecule has 0 aromatic heterocycles. The fourth-order valence-electron chi connectivity index (χ4n) is 3.16. The molecule has 2 aromatic carbocycles. The maximum atomic E-state index is 12.8. The van der Waals surface area contributed by atoms with Crippen LogP contribution in [0.15, 0.2) is 41.3 Å². The van der Waals surface area contributed by atoms with Gasteiger partial charge in [-0.3, -0.25) is 10.1 Å². The molecular formula is C18H19N3O7S. The number of anilines is 1. The lowest BCUT2D eigenvalue weighted by atomic mass is 10.2. The summed E-state index contributed by atoms with van der Waals surface area (Å²) in [6.07, 6.45) is 0. The molecule has 2 heterocycles. The lowest BCUT2D eigenvalue weighted by molar-refractivity contribution is -0.384. The van der Waals surface area contributed by atoms with Gasteiger partial charge in [0, 0.05) is 25.7 Å². The number of nitrogens with zero attached hydrogens (tertiary/aromatic N) is 2. The summed E-state index contributed by atoms with van der Waals surface area (Å²) in [5.41, 5.74) is 0.766. The van der Waals surface area contributed by atoms with Crippen molar-refractivity contribution in [3.05, 3.63) is 52.1 Å². The molecule has 0 atom stereocenters. The van der Waals surface area contributed by atoms with E-state index in [0.717, 1.165) is 11.6 Å². The number of fused-ring (bicyclic) bond motifs is 1. The molecule has 2 aliphatic heterocycles. The van der Waals surface area contributed by atoms with Crippen LogP contribution < -0.4 is 14.8 Å². The van der Waals surface area contributed by atoms with Crippen LogP contribution >= 0.6 is 0 Å². The second-order valence-electron chi connectivity index (χ2n) is 6.49. The van der Waals surface area contributed by atoms with E-state index in [0.29, 0.717) is 31.3 Å². The summed E-state index contributed by atoms with van der Waals surface area (Å²) >= 11 is 0. The standard InChI is InChI=1S/C18H19N3O7S/c22-21(23)16-10-14(29(24,25)20-5-7-26-8-6-20)2-3-15(16)19-11-13-1-4-17-18(9-13)28-12-27-17/h1-4,9-10,19H,5-8,11-12H2. The van der Waals surface area contributed by atoms with Crippen LogP contribution in [-0.4, -0.2) is 50.7 Å². The molecule has 29 heavy (non-hydrogen) atoms. The van der Waals surface area contributed by atoms with E-state index in [-0.39, 0.29) is 36.2 Å². The Labute approximate surface area is 167 Å². The average Bonchev–Trinajstić information content (AvgIpc) is 3.20. The molecule has 0 saturated carbocycles. The van der Waals surface area contributed by atoms with E-state index < -0.39 is 14.9 Å². The lowest BCUT2D eigenvalue weighted by Crippen LogP contribution is -2.40. The van der Waals surface area contributed by atoms with Crippen LogP contribution in [0.1, 0.15) is 5.56 Å². The molecule has 1 fully saturated rings. The van der Waals surface area contributed by atoms with Gasteiger partial charge in [-0.1, -0.05) is 6.07 Å². The lowest BCUT2D eigenvalue weighted by Gasteiger charge is -2.26. The summed E-state index contributed by atoms with van der Waals surface area (Å²) in [6.45, 7) is 1.51. The maximum Gasteiger partial charge on any atom is 0.293 e. The summed E-state index contributed by atoms with van der Waals surface area (Å²) in [7, 11) is -3.82. The number of nitro groups is 1. The van der Waals surface area contributed by atoms with Gasteiger partial charge in [-0.05, 0) is 29.8 Å². The van der Waals surface area contributed by atoms with Gasteiger partial charge in [-0.15, -0.1) is 0 Å². The Kier molecular flexibility index (Phi) is 5.26. The molecule has 0 radical (unpaired) electrons. The Hall–Kier alpha value is -2.89. The van der Waals surface area contributed by atoms with Gasteiger partial charge in [0.15, 0.2) is 11.5 Å². The monoisotopic (exact) mass is 421 g/mol. The number of morpholine rings is 1. The number of hydrogen-bond donors (Lipinski definition) is 1. The van der Waals surface area contributed by atoms with Crippen LogP contribution in [0.5, 0.6) is 11.5 Å². The van der Waals surface area contributed by atoms with Gasteiger partial charge in [-0.2, -0.15) is 4.31 Å². The highest BCUT2D eigenvalue weighted by Gasteiger charge is 2.28. The first kappa shape index (κ1) is 19.4. The van der Waals surface area contributed by atoms with Gasteiger partial charge in [0.05, 0.1) is 23.0 Å². The van der Waals surface area contributed by atoms with Crippen molar-refractivity contribution >= 4 is 21.4 Å². The van der Waals surface area contributed by atoms with E-state index in [1.165, 1.54) is 16.4 Å². The minimum Gasteiger partial charge on any atom is -0.454 e. The molecule has 0 spiro atoms. The third-order valence-electron chi connectivity index (χ3n) is 4.69. The van der Waals surface area contributed by atoms with E-state index in [2.05, 4.69) is 5.32 Å². The Morgan fingerprint density at radius 2 is 1.83 bits per heavy atom. The third-order valence-corrected chi connectivity index (χ3v) is 6.59. The summed E-state index contributed by atoms with van der Waals surface area (Å²) in [5, 5.41) is 14.5. The van der Waals surface area contributed by atoms with Gasteiger partial charge in [0.25, 0.3) is 5.69 Å². The van der Waals surface area contributed by atoms with Crippen molar-refractivity contribution in [2.24, 2.45) is 0 Å². The predicted molar refractivity (Wildman–Crippen MR) is 103 cm³/mol. The zero-order chi connectivity index (χ0) is 20.4. The Morgan fingerprint density at radius 1 is 1.07 bits per heavy atom. The molecule has 4 rings (SSSR count). The quantitative estimate of drug-likeness (QED) is 0.555. The highest BCUT2D eigenvalue weighted by Crippen LogP contribution is 2.33. The van der Waals surface area contributed by atoms with Crippen molar-refractivity contribution in [1.29, 1.82) is 0 Å². The zero-order valence-electron chi connectivity index (χ0n) is 15.4. The van der Waals surface area contributed by atoms with E-state index in [9.17, 15) is 18.5 Å². The number of ether oxygens (including phenoxy) is 3. The van der Waals surface area contributed by atoms with Crippen molar-refractivity contribution in [3.63, 3.8) is 0 Å². The topological polar surface area (TPSA) is 120 Å². The number of benzene rings is 2. The Balaban J connectivity index is 1.55. The summed E-state index contributed by atoms with van der Waals surface area (Å²) in [4.78, 5) is 10.8. The molecule has 10 nitrogen and oxygen atoms in total. The summed E-state index contributed by atoms with van der Waals surface area (Å²) in [5.74, 6) is 1.27. The number of rotatable bonds is 6. The van der Waals surface area contributed by atoms with Crippen LogP contribution in [-0.2, 0) is 21.3 Å². The van der Waals surface area contributed by atoms with Crippen molar-refractivity contribution in [2.75, 3.05) is 38.4 Å². The van der Waals surface area contributed by atoms with E-state index in [4.69, 9.17) is 14.2 Å². The van der Waals surface area contributed by atoms with Crippen molar-refractivity contribution in [3.8, 4) is 11.5 Å². The molecule has 2 aliphatic rings. The van der Waals surface area contributed by atoms with Gasteiger partial charge >= 0.3 is 0 Å². The Morgan fingerprint density at radius 3 is 2.59 bits per heavy atom. The molecule has 1 N–H and O–H groups in total. The van der Waals surface area contributed by atoms with Crippen molar-refractivity contribution in [1.82, 2.24) is 4.31 Å². The fourth-order valence-corrected chi connectivity index (χ4v) is 4.59. The number of sulfonamides is 1. The minimum absolute atomic E-state index is 0.111. The van der Waals surface area contributed by atoms with Crippen LogP contribution in [0.3, 0.4) is 0 Å². The van der Waals surface area contributed by atoms with Crippen LogP contribution in [0.25, 0.3) is 0 Å². The number of nitro benzene ring substituents is 1. The van der Waals surface area contributed by atoms with Gasteiger partial charge in [0.2, 0.25) is 16.8 Å². The number of hydrogen-bond acceptors (Lipinski definition) is 8. The molecule has 0 unspecified atom stereocenters. The van der Waals surface area contributed by atoms with E-state index in [1.807, 2.05) is 6.07 Å². The SMILES string of the molecule is O=[N+]([O-])c1cc(S(=O)(=O)N2CCOCC2)ccc1NCc1ccc2c(c1)OCO2. The summed E-state index contributed by atoms with van der Waals surface area (Å²) < 4.78 is 42.6. The molecule has 1 saturated heterocycles. The van der Waals surface area contributed by atoms with Crippen molar-refractivity contribution in [2.45, 2.75) is 11.4 Å². The second-order valence-corrected chi connectivity index (χ2v) is 8.43. The minimum atomic E-state index is -3.82.